The van der Waals surface area contributed by atoms with Gasteiger partial charge >= 0.3 is 0 Å². The molecule has 2 heterocycles. The predicted octanol–water partition coefficient (Wildman–Crippen LogP) is 0.167. The van der Waals surface area contributed by atoms with Crippen molar-refractivity contribution in [3.8, 4) is 0 Å². The molecule has 0 aromatic carbocycles. The van der Waals surface area contributed by atoms with Gasteiger partial charge in [-0.05, 0) is 19.1 Å². The van der Waals surface area contributed by atoms with Crippen LogP contribution in [0.5, 0.6) is 0 Å². The van der Waals surface area contributed by atoms with Crippen LogP contribution in [0, 0.1) is 6.92 Å². The van der Waals surface area contributed by atoms with Crippen LogP contribution in [0.25, 0.3) is 0 Å². The van der Waals surface area contributed by atoms with Crippen molar-refractivity contribution in [1.29, 1.82) is 0 Å². The van der Waals surface area contributed by atoms with Crippen molar-refractivity contribution >= 4 is 5.91 Å². The summed E-state index contributed by atoms with van der Waals surface area (Å²) in [6.07, 6.45) is 0. The monoisotopic (exact) mass is 238 g/mol. The fraction of sp³-hybridized carbons (Fsp3) is 0.583. The highest BCUT2D eigenvalue weighted by Gasteiger charge is 2.28. The van der Waals surface area contributed by atoms with E-state index in [1.54, 1.807) is 4.90 Å². The summed E-state index contributed by atoms with van der Waals surface area (Å²) >= 11 is 0. The topological polar surface area (TPSA) is 54.7 Å². The van der Waals surface area contributed by atoms with Crippen LogP contribution < -0.4 is 0 Å². The number of hydrogen-bond donors (Lipinski definition) is 1. The molecule has 0 radical (unpaired) electrons. The summed E-state index contributed by atoms with van der Waals surface area (Å²) in [5.41, 5.74) is 1.70. The molecule has 1 aliphatic heterocycles. The molecule has 17 heavy (non-hydrogen) atoms. The summed E-state index contributed by atoms with van der Waals surface area (Å²) in [4.78, 5) is 14.0. The molecule has 1 amide bonds. The number of ether oxygens (including phenoxy) is 1. The molecule has 1 aliphatic rings. The Morgan fingerprint density at radius 1 is 1.59 bits per heavy atom. The molecule has 0 saturated carbocycles. The van der Waals surface area contributed by atoms with Crippen LogP contribution in [0.15, 0.2) is 12.1 Å². The van der Waals surface area contributed by atoms with Gasteiger partial charge in [0.2, 0.25) is 0 Å². The Kier molecular flexibility index (Phi) is 3.49. The van der Waals surface area contributed by atoms with E-state index in [1.807, 2.05) is 30.7 Å². The number of rotatable bonds is 2. The van der Waals surface area contributed by atoms with Crippen molar-refractivity contribution in [1.82, 2.24) is 9.47 Å². The van der Waals surface area contributed by atoms with E-state index in [0.29, 0.717) is 25.5 Å². The quantitative estimate of drug-likeness (QED) is 0.799. The molecule has 5 heteroatoms. The molecule has 0 spiro atoms. The highest BCUT2D eigenvalue weighted by Crippen LogP contribution is 2.14. The number of carbonyl (C=O) groups excluding carboxylic acids is 1. The average Bonchev–Trinajstić information content (AvgIpc) is 2.69. The van der Waals surface area contributed by atoms with Gasteiger partial charge in [0.1, 0.15) is 5.69 Å². The van der Waals surface area contributed by atoms with Crippen molar-refractivity contribution in [3.63, 3.8) is 0 Å². The minimum absolute atomic E-state index is 0.0389. The second kappa shape index (κ2) is 4.89. The maximum absolute atomic E-state index is 12.3. The minimum atomic E-state index is -0.230. The Morgan fingerprint density at radius 3 is 2.94 bits per heavy atom. The van der Waals surface area contributed by atoms with Crippen LogP contribution >= 0.6 is 0 Å². The summed E-state index contributed by atoms with van der Waals surface area (Å²) in [6.45, 7) is 3.38. The maximum Gasteiger partial charge on any atom is 0.270 e. The third kappa shape index (κ3) is 2.21. The van der Waals surface area contributed by atoms with E-state index in [2.05, 4.69) is 0 Å². The molecule has 0 bridgehead atoms. The summed E-state index contributed by atoms with van der Waals surface area (Å²) < 4.78 is 7.13. The Hall–Kier alpha value is -1.33. The van der Waals surface area contributed by atoms with Gasteiger partial charge in [0.15, 0.2) is 0 Å². The van der Waals surface area contributed by atoms with Crippen LogP contribution in [0.2, 0.25) is 0 Å². The fourth-order valence-electron chi connectivity index (χ4n) is 2.05. The SMILES string of the molecule is Cc1ccc(C(=O)N2CCOCC2CO)n1C. The number of aliphatic hydroxyl groups excluding tert-OH is 1. The highest BCUT2D eigenvalue weighted by molar-refractivity contribution is 5.93. The first-order chi connectivity index (χ1) is 8.15. The summed E-state index contributed by atoms with van der Waals surface area (Å²) in [5.74, 6) is -0.0389. The Labute approximate surface area is 101 Å². The van der Waals surface area contributed by atoms with Crippen molar-refractivity contribution in [3.05, 3.63) is 23.5 Å². The van der Waals surface area contributed by atoms with Crippen LogP contribution in [0.3, 0.4) is 0 Å². The second-order valence-corrected chi connectivity index (χ2v) is 4.33. The van der Waals surface area contributed by atoms with Crippen LogP contribution in [0.4, 0.5) is 0 Å². The van der Waals surface area contributed by atoms with Gasteiger partial charge < -0.3 is 19.3 Å². The lowest BCUT2D eigenvalue weighted by atomic mass is 10.2. The predicted molar refractivity (Wildman–Crippen MR) is 62.9 cm³/mol. The van der Waals surface area contributed by atoms with Gasteiger partial charge in [-0.1, -0.05) is 0 Å². The molecule has 94 valence electrons. The zero-order valence-electron chi connectivity index (χ0n) is 10.2. The normalized spacial score (nSPS) is 20.6. The van der Waals surface area contributed by atoms with Gasteiger partial charge in [0.05, 0.1) is 25.9 Å². The lowest BCUT2D eigenvalue weighted by molar-refractivity contribution is -0.0188. The van der Waals surface area contributed by atoms with Gasteiger partial charge in [0.25, 0.3) is 5.91 Å². The molecule has 1 atom stereocenters. The zero-order valence-corrected chi connectivity index (χ0v) is 10.2. The fourth-order valence-corrected chi connectivity index (χ4v) is 2.05. The number of aromatic nitrogens is 1. The third-order valence-corrected chi connectivity index (χ3v) is 3.29. The van der Waals surface area contributed by atoms with E-state index in [9.17, 15) is 9.90 Å². The summed E-state index contributed by atoms with van der Waals surface area (Å²) in [6, 6.07) is 3.51. The number of hydrogen-bond acceptors (Lipinski definition) is 3. The largest absolute Gasteiger partial charge is 0.394 e. The molecule has 1 N–H and O–H groups in total. The van der Waals surface area contributed by atoms with Crippen LogP contribution in [-0.2, 0) is 11.8 Å². The van der Waals surface area contributed by atoms with Gasteiger partial charge in [-0.15, -0.1) is 0 Å². The average molecular weight is 238 g/mol. The second-order valence-electron chi connectivity index (χ2n) is 4.33. The molecule has 1 fully saturated rings. The summed E-state index contributed by atoms with van der Waals surface area (Å²) in [7, 11) is 1.87. The van der Waals surface area contributed by atoms with Crippen molar-refractivity contribution in [2.24, 2.45) is 7.05 Å². The maximum atomic E-state index is 12.3. The molecule has 1 aromatic rings. The summed E-state index contributed by atoms with van der Waals surface area (Å²) in [5, 5.41) is 9.25. The number of morpholine rings is 1. The number of aliphatic hydroxyl groups is 1. The van der Waals surface area contributed by atoms with Gasteiger partial charge in [-0.25, -0.2) is 0 Å². The van der Waals surface area contributed by atoms with E-state index < -0.39 is 0 Å². The first-order valence-electron chi connectivity index (χ1n) is 5.77. The molecular formula is C12H18N2O3. The molecule has 2 rings (SSSR count). The number of carbonyl (C=O) groups is 1. The molecular weight excluding hydrogens is 220 g/mol. The Balaban J connectivity index is 2.21. The standard InChI is InChI=1S/C12H18N2O3/c1-9-3-4-11(13(9)2)12(16)14-5-6-17-8-10(14)7-15/h3-4,10,15H,5-8H2,1-2H3. The van der Waals surface area contributed by atoms with Gasteiger partial charge in [-0.2, -0.15) is 0 Å². The Morgan fingerprint density at radius 2 is 2.35 bits per heavy atom. The first-order valence-corrected chi connectivity index (χ1v) is 5.77. The molecule has 1 saturated heterocycles. The van der Waals surface area contributed by atoms with Crippen LogP contribution in [0.1, 0.15) is 16.2 Å². The van der Waals surface area contributed by atoms with Gasteiger partial charge in [0, 0.05) is 19.3 Å². The Bertz CT molecular complexity index is 414. The smallest absolute Gasteiger partial charge is 0.270 e. The lowest BCUT2D eigenvalue weighted by Crippen LogP contribution is -2.50. The van der Waals surface area contributed by atoms with Crippen LogP contribution in [-0.4, -0.2) is 52.9 Å². The van der Waals surface area contributed by atoms with Crippen molar-refractivity contribution in [2.75, 3.05) is 26.4 Å². The number of aryl methyl sites for hydroxylation is 1. The number of amides is 1. The molecule has 1 unspecified atom stereocenters. The van der Waals surface area contributed by atoms with E-state index >= 15 is 0 Å². The third-order valence-electron chi connectivity index (χ3n) is 3.29. The highest BCUT2D eigenvalue weighted by atomic mass is 16.5. The zero-order chi connectivity index (χ0) is 12.4. The van der Waals surface area contributed by atoms with Crippen molar-refractivity contribution in [2.45, 2.75) is 13.0 Å². The van der Waals surface area contributed by atoms with Crippen molar-refractivity contribution < 1.29 is 14.6 Å². The lowest BCUT2D eigenvalue weighted by Gasteiger charge is -2.34. The van der Waals surface area contributed by atoms with E-state index in [-0.39, 0.29) is 18.6 Å². The van der Waals surface area contributed by atoms with Gasteiger partial charge in [-0.3, -0.25) is 4.79 Å². The van der Waals surface area contributed by atoms with E-state index in [1.165, 1.54) is 0 Å². The molecule has 1 aromatic heterocycles. The van der Waals surface area contributed by atoms with E-state index in [0.717, 1.165) is 5.69 Å². The molecule has 0 aliphatic carbocycles. The van der Waals surface area contributed by atoms with E-state index in [4.69, 9.17) is 4.74 Å². The number of nitrogens with zero attached hydrogens (tertiary/aromatic N) is 2. The first kappa shape index (κ1) is 12.1. The minimum Gasteiger partial charge on any atom is -0.394 e. The molecule has 5 nitrogen and oxygen atoms in total.